The van der Waals surface area contributed by atoms with E-state index in [-0.39, 0.29) is 17.9 Å². The number of hydrogen-bond acceptors (Lipinski definition) is 4. The van der Waals surface area contributed by atoms with Gasteiger partial charge >= 0.3 is 0 Å². The van der Waals surface area contributed by atoms with Crippen molar-refractivity contribution in [3.05, 3.63) is 29.8 Å². The molecule has 1 aromatic carbocycles. The van der Waals surface area contributed by atoms with E-state index in [1.807, 2.05) is 6.26 Å². The third kappa shape index (κ3) is 5.44. The van der Waals surface area contributed by atoms with E-state index in [9.17, 15) is 9.59 Å². The summed E-state index contributed by atoms with van der Waals surface area (Å²) in [7, 11) is 1.58. The van der Waals surface area contributed by atoms with Gasteiger partial charge in [-0.2, -0.15) is 11.8 Å². The Morgan fingerprint density at radius 1 is 1.25 bits per heavy atom. The lowest BCUT2D eigenvalue weighted by Gasteiger charge is -2.21. The summed E-state index contributed by atoms with van der Waals surface area (Å²) in [5.74, 6) is 1.22. The van der Waals surface area contributed by atoms with Gasteiger partial charge in [-0.25, -0.2) is 0 Å². The number of amides is 2. The Bertz CT molecular complexity index is 542. The molecule has 0 spiro atoms. The van der Waals surface area contributed by atoms with Gasteiger partial charge in [0.1, 0.15) is 11.8 Å². The average Bonchev–Trinajstić information content (AvgIpc) is 3.11. The third-order valence-corrected chi connectivity index (χ3v) is 4.93. The molecular formula is C18H26N2O3S. The number of carbonyl (C=O) groups is 2. The molecule has 0 aromatic heterocycles. The molecule has 1 aromatic rings. The first-order valence-electron chi connectivity index (χ1n) is 8.38. The molecule has 1 saturated carbocycles. The third-order valence-electron chi connectivity index (χ3n) is 4.29. The molecule has 24 heavy (non-hydrogen) atoms. The SMILES string of the molecule is COc1ccc(C(=O)N[C@H](CCSC)C(=O)NC2CCCC2)cc1. The molecule has 2 rings (SSSR count). The highest BCUT2D eigenvalue weighted by Gasteiger charge is 2.24. The van der Waals surface area contributed by atoms with Crippen LogP contribution >= 0.6 is 11.8 Å². The Morgan fingerprint density at radius 2 is 1.92 bits per heavy atom. The lowest BCUT2D eigenvalue weighted by atomic mass is 10.1. The number of thioether (sulfide) groups is 1. The molecule has 1 atom stereocenters. The molecule has 6 heteroatoms. The normalized spacial score (nSPS) is 15.8. The van der Waals surface area contributed by atoms with Crippen molar-refractivity contribution in [2.24, 2.45) is 0 Å². The van der Waals surface area contributed by atoms with Crippen LogP contribution in [0.2, 0.25) is 0 Å². The Morgan fingerprint density at radius 3 is 2.50 bits per heavy atom. The molecule has 1 fully saturated rings. The fourth-order valence-corrected chi connectivity index (χ4v) is 3.33. The Balaban J connectivity index is 1.97. The van der Waals surface area contributed by atoms with E-state index >= 15 is 0 Å². The second-order valence-corrected chi connectivity index (χ2v) is 7.01. The van der Waals surface area contributed by atoms with Gasteiger partial charge in [0, 0.05) is 11.6 Å². The van der Waals surface area contributed by atoms with Crippen molar-refractivity contribution in [1.29, 1.82) is 0 Å². The van der Waals surface area contributed by atoms with Crippen LogP contribution < -0.4 is 15.4 Å². The summed E-state index contributed by atoms with van der Waals surface area (Å²) in [5, 5.41) is 5.95. The molecule has 0 heterocycles. The lowest BCUT2D eigenvalue weighted by Crippen LogP contribution is -2.49. The van der Waals surface area contributed by atoms with E-state index in [0.29, 0.717) is 17.7 Å². The number of ether oxygens (including phenoxy) is 1. The zero-order valence-corrected chi connectivity index (χ0v) is 15.2. The van der Waals surface area contributed by atoms with Crippen LogP contribution in [-0.4, -0.2) is 43.0 Å². The van der Waals surface area contributed by atoms with Crippen LogP contribution in [0.1, 0.15) is 42.5 Å². The van der Waals surface area contributed by atoms with Gasteiger partial charge in [-0.1, -0.05) is 12.8 Å². The second kappa shape index (κ2) is 9.57. The molecule has 5 nitrogen and oxygen atoms in total. The maximum atomic E-state index is 12.5. The largest absolute Gasteiger partial charge is 0.497 e. The first-order chi connectivity index (χ1) is 11.6. The molecule has 2 N–H and O–H groups in total. The van der Waals surface area contributed by atoms with Crippen molar-refractivity contribution in [2.45, 2.75) is 44.2 Å². The number of methoxy groups -OCH3 is 1. The van der Waals surface area contributed by atoms with E-state index in [1.165, 1.54) is 12.8 Å². The van der Waals surface area contributed by atoms with Gasteiger partial charge in [0.25, 0.3) is 5.91 Å². The van der Waals surface area contributed by atoms with Crippen LogP contribution in [0.25, 0.3) is 0 Å². The van der Waals surface area contributed by atoms with Crippen molar-refractivity contribution in [3.63, 3.8) is 0 Å². The van der Waals surface area contributed by atoms with Gasteiger partial charge in [-0.15, -0.1) is 0 Å². The van der Waals surface area contributed by atoms with Gasteiger partial charge in [-0.05, 0) is 55.5 Å². The smallest absolute Gasteiger partial charge is 0.251 e. The lowest BCUT2D eigenvalue weighted by molar-refractivity contribution is -0.123. The van der Waals surface area contributed by atoms with E-state index in [1.54, 1.807) is 43.1 Å². The first kappa shape index (κ1) is 18.6. The molecule has 2 amide bonds. The van der Waals surface area contributed by atoms with Gasteiger partial charge in [-0.3, -0.25) is 9.59 Å². The van der Waals surface area contributed by atoms with Crippen LogP contribution in [-0.2, 0) is 4.79 Å². The van der Waals surface area contributed by atoms with Crippen LogP contribution in [0, 0.1) is 0 Å². The van der Waals surface area contributed by atoms with Crippen LogP contribution in [0.4, 0.5) is 0 Å². The number of benzene rings is 1. The zero-order chi connectivity index (χ0) is 17.4. The molecule has 0 saturated heterocycles. The molecule has 1 aliphatic rings. The van der Waals surface area contributed by atoms with Gasteiger partial charge < -0.3 is 15.4 Å². The summed E-state index contributed by atoms with van der Waals surface area (Å²) in [5.41, 5.74) is 0.526. The maximum absolute atomic E-state index is 12.5. The standard InChI is InChI=1S/C18H26N2O3S/c1-23-15-9-7-13(8-10-15)17(21)20-16(11-12-24-2)18(22)19-14-5-3-4-6-14/h7-10,14,16H,3-6,11-12H2,1-2H3,(H,19,22)(H,20,21)/t16-/m1/s1. The molecule has 1 aliphatic carbocycles. The number of nitrogens with one attached hydrogen (secondary N) is 2. The summed E-state index contributed by atoms with van der Waals surface area (Å²) in [6.07, 6.45) is 7.02. The predicted molar refractivity (Wildman–Crippen MR) is 97.6 cm³/mol. The highest BCUT2D eigenvalue weighted by atomic mass is 32.2. The zero-order valence-electron chi connectivity index (χ0n) is 14.3. The second-order valence-electron chi connectivity index (χ2n) is 6.03. The molecule has 0 radical (unpaired) electrons. The summed E-state index contributed by atoms with van der Waals surface area (Å²) >= 11 is 1.67. The molecule has 0 aliphatic heterocycles. The van der Waals surface area contributed by atoms with Crippen molar-refractivity contribution >= 4 is 23.6 Å². The molecular weight excluding hydrogens is 324 g/mol. The Kier molecular flexibility index (Phi) is 7.43. The van der Waals surface area contributed by atoms with E-state index in [4.69, 9.17) is 4.74 Å². The average molecular weight is 350 g/mol. The molecule has 0 bridgehead atoms. The Hall–Kier alpha value is -1.69. The summed E-state index contributed by atoms with van der Waals surface area (Å²) in [4.78, 5) is 24.9. The highest BCUT2D eigenvalue weighted by Crippen LogP contribution is 2.18. The van der Waals surface area contributed by atoms with Crippen molar-refractivity contribution < 1.29 is 14.3 Å². The summed E-state index contributed by atoms with van der Waals surface area (Å²) in [6, 6.07) is 6.65. The van der Waals surface area contributed by atoms with Gasteiger partial charge in [0.05, 0.1) is 7.11 Å². The van der Waals surface area contributed by atoms with Gasteiger partial charge in [0.15, 0.2) is 0 Å². The minimum Gasteiger partial charge on any atom is -0.497 e. The minimum absolute atomic E-state index is 0.0715. The summed E-state index contributed by atoms with van der Waals surface area (Å²) < 4.78 is 5.10. The van der Waals surface area contributed by atoms with Crippen LogP contribution in [0.3, 0.4) is 0 Å². The van der Waals surface area contributed by atoms with Crippen LogP contribution in [0.15, 0.2) is 24.3 Å². The quantitative estimate of drug-likeness (QED) is 0.756. The fraction of sp³-hybridized carbons (Fsp3) is 0.556. The van der Waals surface area contributed by atoms with E-state index in [0.717, 1.165) is 18.6 Å². The van der Waals surface area contributed by atoms with Crippen molar-refractivity contribution in [3.8, 4) is 5.75 Å². The van der Waals surface area contributed by atoms with E-state index < -0.39 is 6.04 Å². The predicted octanol–water partition coefficient (Wildman–Crippen LogP) is 2.61. The summed E-state index contributed by atoms with van der Waals surface area (Å²) in [6.45, 7) is 0. The first-order valence-corrected chi connectivity index (χ1v) is 9.77. The maximum Gasteiger partial charge on any atom is 0.251 e. The fourth-order valence-electron chi connectivity index (χ4n) is 2.86. The number of rotatable bonds is 8. The van der Waals surface area contributed by atoms with Crippen molar-refractivity contribution in [2.75, 3.05) is 19.1 Å². The number of hydrogen-bond donors (Lipinski definition) is 2. The van der Waals surface area contributed by atoms with Crippen LogP contribution in [0.5, 0.6) is 5.75 Å². The Labute approximate surface area is 147 Å². The van der Waals surface area contributed by atoms with E-state index in [2.05, 4.69) is 10.6 Å². The topological polar surface area (TPSA) is 67.4 Å². The highest BCUT2D eigenvalue weighted by molar-refractivity contribution is 7.98. The minimum atomic E-state index is -0.493. The van der Waals surface area contributed by atoms with Gasteiger partial charge in [0.2, 0.25) is 5.91 Å². The number of carbonyl (C=O) groups excluding carboxylic acids is 2. The van der Waals surface area contributed by atoms with Crippen molar-refractivity contribution in [1.82, 2.24) is 10.6 Å². The molecule has 0 unspecified atom stereocenters. The molecule has 132 valence electrons. The monoisotopic (exact) mass is 350 g/mol.